The summed E-state index contributed by atoms with van der Waals surface area (Å²) in [5, 5.41) is 14.0. The summed E-state index contributed by atoms with van der Waals surface area (Å²) in [6.07, 6.45) is 1.35. The Hall–Kier alpha value is -1.92. The molecule has 0 spiro atoms. The molecular weight excluding hydrogens is 246 g/mol. The fraction of sp³-hybridized carbons (Fsp3) is 0.667. The number of aromatic nitrogens is 2. The van der Waals surface area contributed by atoms with Gasteiger partial charge in [0, 0.05) is 19.6 Å². The van der Waals surface area contributed by atoms with Crippen LogP contribution in [-0.4, -0.2) is 34.5 Å². The molecule has 1 N–H and O–H groups in total. The van der Waals surface area contributed by atoms with Crippen molar-refractivity contribution in [2.24, 2.45) is 5.92 Å². The largest absolute Gasteiger partial charge is 0.367 e. The van der Waals surface area contributed by atoms with Crippen molar-refractivity contribution in [1.82, 2.24) is 9.97 Å². The highest BCUT2D eigenvalue weighted by molar-refractivity contribution is 5.70. The highest BCUT2D eigenvalue weighted by Crippen LogP contribution is 2.32. The molecule has 1 heterocycles. The summed E-state index contributed by atoms with van der Waals surface area (Å²) in [5.41, 5.74) is -0.0700. The number of hydrogen-bond donors (Lipinski definition) is 1. The fourth-order valence-electron chi connectivity index (χ4n) is 1.87. The molecule has 0 radical (unpaired) electrons. The second-order valence-corrected chi connectivity index (χ2v) is 5.04. The summed E-state index contributed by atoms with van der Waals surface area (Å²) < 4.78 is 0. The van der Waals surface area contributed by atoms with Crippen LogP contribution in [0.1, 0.15) is 27.7 Å². The van der Waals surface area contributed by atoms with E-state index >= 15 is 0 Å². The Morgan fingerprint density at radius 1 is 1.37 bits per heavy atom. The number of nitrogens with one attached hydrogen (secondary N) is 1. The third-order valence-corrected chi connectivity index (χ3v) is 2.68. The minimum atomic E-state index is -0.434. The smallest absolute Gasteiger partial charge is 0.353 e. The second kappa shape index (κ2) is 6.31. The Labute approximate surface area is 113 Å². The summed E-state index contributed by atoms with van der Waals surface area (Å²) in [7, 11) is 1.61. The normalized spacial score (nSPS) is 10.9. The van der Waals surface area contributed by atoms with Crippen LogP contribution in [0, 0.1) is 16.0 Å². The van der Waals surface area contributed by atoms with Crippen molar-refractivity contribution in [1.29, 1.82) is 0 Å². The molecule has 106 valence electrons. The van der Waals surface area contributed by atoms with Gasteiger partial charge in [-0.3, -0.25) is 10.1 Å². The molecule has 1 rings (SSSR count). The highest BCUT2D eigenvalue weighted by atomic mass is 16.6. The van der Waals surface area contributed by atoms with Gasteiger partial charge in [0.15, 0.2) is 0 Å². The maximum Gasteiger partial charge on any atom is 0.353 e. The standard InChI is InChI=1S/C12H21N5O2/c1-8(2)6-16(9(3)4)12-10(17(18)19)11(13-5)14-7-15-12/h7-9H,6H2,1-5H3,(H,13,14,15). The van der Waals surface area contributed by atoms with Crippen LogP contribution in [0.4, 0.5) is 17.3 Å². The van der Waals surface area contributed by atoms with E-state index in [1.807, 2.05) is 18.7 Å². The first kappa shape index (κ1) is 15.1. The molecule has 0 atom stereocenters. The van der Waals surface area contributed by atoms with Crippen LogP contribution in [0.2, 0.25) is 0 Å². The molecule has 7 heteroatoms. The minimum absolute atomic E-state index is 0.0700. The Morgan fingerprint density at radius 3 is 2.42 bits per heavy atom. The molecule has 0 aliphatic carbocycles. The van der Waals surface area contributed by atoms with Crippen LogP contribution in [0.5, 0.6) is 0 Å². The monoisotopic (exact) mass is 267 g/mol. The lowest BCUT2D eigenvalue weighted by molar-refractivity contribution is -0.383. The van der Waals surface area contributed by atoms with E-state index in [4.69, 9.17) is 0 Å². The molecule has 0 aliphatic heterocycles. The van der Waals surface area contributed by atoms with Gasteiger partial charge in [-0.25, -0.2) is 9.97 Å². The predicted octanol–water partition coefficient (Wildman–Crippen LogP) is 2.30. The van der Waals surface area contributed by atoms with E-state index in [0.717, 1.165) is 0 Å². The highest BCUT2D eigenvalue weighted by Gasteiger charge is 2.28. The van der Waals surface area contributed by atoms with Gasteiger partial charge in [-0.1, -0.05) is 13.8 Å². The lowest BCUT2D eigenvalue weighted by atomic mass is 10.1. The van der Waals surface area contributed by atoms with Crippen molar-refractivity contribution in [2.75, 3.05) is 23.8 Å². The Morgan fingerprint density at radius 2 is 2.00 bits per heavy atom. The second-order valence-electron chi connectivity index (χ2n) is 5.04. The topological polar surface area (TPSA) is 84.2 Å². The third kappa shape index (κ3) is 3.52. The van der Waals surface area contributed by atoms with Gasteiger partial charge in [-0.05, 0) is 19.8 Å². The first-order chi connectivity index (χ1) is 8.88. The van der Waals surface area contributed by atoms with Crippen LogP contribution in [0.25, 0.3) is 0 Å². The van der Waals surface area contributed by atoms with Crippen molar-refractivity contribution < 1.29 is 4.92 Å². The van der Waals surface area contributed by atoms with Gasteiger partial charge < -0.3 is 10.2 Å². The Bertz CT molecular complexity index is 448. The fourth-order valence-corrected chi connectivity index (χ4v) is 1.87. The maximum absolute atomic E-state index is 11.3. The molecule has 0 aliphatic rings. The molecule has 0 saturated carbocycles. The molecule has 0 aromatic carbocycles. The molecule has 1 aromatic heterocycles. The molecule has 0 fully saturated rings. The van der Waals surface area contributed by atoms with E-state index in [0.29, 0.717) is 18.3 Å². The number of rotatable bonds is 6. The van der Waals surface area contributed by atoms with Crippen LogP contribution in [-0.2, 0) is 0 Å². The molecular formula is C12H21N5O2. The van der Waals surface area contributed by atoms with Crippen molar-refractivity contribution in [2.45, 2.75) is 33.7 Å². The van der Waals surface area contributed by atoms with Gasteiger partial charge in [0.25, 0.3) is 0 Å². The zero-order valence-corrected chi connectivity index (χ0v) is 12.0. The SMILES string of the molecule is CNc1ncnc(N(CC(C)C)C(C)C)c1[N+](=O)[O-]. The van der Waals surface area contributed by atoms with E-state index in [-0.39, 0.29) is 17.5 Å². The quantitative estimate of drug-likeness (QED) is 0.629. The molecule has 19 heavy (non-hydrogen) atoms. The van der Waals surface area contributed by atoms with Gasteiger partial charge >= 0.3 is 5.69 Å². The average Bonchev–Trinajstić information content (AvgIpc) is 2.34. The van der Waals surface area contributed by atoms with Gasteiger partial charge in [-0.2, -0.15) is 0 Å². The number of anilines is 2. The number of nitrogens with zero attached hydrogens (tertiary/aromatic N) is 4. The number of hydrogen-bond acceptors (Lipinski definition) is 6. The zero-order valence-electron chi connectivity index (χ0n) is 12.0. The van der Waals surface area contributed by atoms with E-state index in [9.17, 15) is 10.1 Å². The van der Waals surface area contributed by atoms with Gasteiger partial charge in [0.05, 0.1) is 4.92 Å². The van der Waals surface area contributed by atoms with Crippen LogP contribution in [0.15, 0.2) is 6.33 Å². The average molecular weight is 267 g/mol. The molecule has 0 saturated heterocycles. The number of nitro groups is 1. The van der Waals surface area contributed by atoms with Crippen molar-refractivity contribution in [3.8, 4) is 0 Å². The zero-order chi connectivity index (χ0) is 14.6. The molecule has 7 nitrogen and oxygen atoms in total. The van der Waals surface area contributed by atoms with E-state index in [2.05, 4.69) is 29.1 Å². The predicted molar refractivity (Wildman–Crippen MR) is 75.6 cm³/mol. The summed E-state index contributed by atoms with van der Waals surface area (Å²) in [4.78, 5) is 20.8. The van der Waals surface area contributed by atoms with Crippen LogP contribution < -0.4 is 10.2 Å². The molecule has 1 aromatic rings. The lowest BCUT2D eigenvalue weighted by Gasteiger charge is -2.29. The third-order valence-electron chi connectivity index (χ3n) is 2.68. The summed E-state index contributed by atoms with van der Waals surface area (Å²) in [6, 6.07) is 0.126. The minimum Gasteiger partial charge on any atom is -0.367 e. The van der Waals surface area contributed by atoms with E-state index in [1.165, 1.54) is 6.33 Å². The molecule has 0 unspecified atom stereocenters. The van der Waals surface area contributed by atoms with Gasteiger partial charge in [0.1, 0.15) is 6.33 Å². The van der Waals surface area contributed by atoms with Gasteiger partial charge in [-0.15, -0.1) is 0 Å². The summed E-state index contributed by atoms with van der Waals surface area (Å²) >= 11 is 0. The molecule has 0 bridgehead atoms. The van der Waals surface area contributed by atoms with E-state index < -0.39 is 4.92 Å². The summed E-state index contributed by atoms with van der Waals surface area (Å²) in [6.45, 7) is 8.84. The van der Waals surface area contributed by atoms with E-state index in [1.54, 1.807) is 7.05 Å². The van der Waals surface area contributed by atoms with Crippen molar-refractivity contribution in [3.63, 3.8) is 0 Å². The Balaban J connectivity index is 3.33. The first-order valence-electron chi connectivity index (χ1n) is 6.32. The van der Waals surface area contributed by atoms with Gasteiger partial charge in [0.2, 0.25) is 11.6 Å². The summed E-state index contributed by atoms with van der Waals surface area (Å²) in [5.74, 6) is 0.993. The first-order valence-corrected chi connectivity index (χ1v) is 6.32. The lowest BCUT2D eigenvalue weighted by Crippen LogP contribution is -2.35. The van der Waals surface area contributed by atoms with Crippen LogP contribution in [0.3, 0.4) is 0 Å². The van der Waals surface area contributed by atoms with Crippen molar-refractivity contribution in [3.05, 3.63) is 16.4 Å². The Kier molecular flexibility index (Phi) is 5.02. The van der Waals surface area contributed by atoms with Crippen molar-refractivity contribution >= 4 is 17.3 Å². The maximum atomic E-state index is 11.3. The molecule has 0 amide bonds. The van der Waals surface area contributed by atoms with Crippen LogP contribution >= 0.6 is 0 Å².